The van der Waals surface area contributed by atoms with Crippen molar-refractivity contribution < 1.29 is 24.2 Å². The van der Waals surface area contributed by atoms with Gasteiger partial charge in [-0.15, -0.1) is 0 Å². The van der Waals surface area contributed by atoms with E-state index < -0.39 is 23.8 Å². The van der Waals surface area contributed by atoms with Crippen molar-refractivity contribution in [2.75, 3.05) is 19.7 Å². The minimum absolute atomic E-state index is 0.121. The summed E-state index contributed by atoms with van der Waals surface area (Å²) in [5.41, 5.74) is -0.560. The lowest BCUT2D eigenvalue weighted by molar-refractivity contribution is -0.142. The summed E-state index contributed by atoms with van der Waals surface area (Å²) in [5, 5.41) is 9.78. The standard InChI is InChI=1S/C12H21NO5/c1-8(14)17-7-9-5-13(6-10(9)15)11(16)18-12(2,3)4/h9-10,15H,5-7H2,1-4H3/t9-,10-/m0/s1. The molecule has 1 rings (SSSR count). The van der Waals surface area contributed by atoms with E-state index in [0.717, 1.165) is 0 Å². The van der Waals surface area contributed by atoms with Crippen molar-refractivity contribution in [3.05, 3.63) is 0 Å². The second-order valence-corrected chi connectivity index (χ2v) is 5.52. The van der Waals surface area contributed by atoms with Crippen molar-refractivity contribution in [1.82, 2.24) is 4.90 Å². The van der Waals surface area contributed by atoms with E-state index in [4.69, 9.17) is 9.47 Å². The zero-order chi connectivity index (χ0) is 13.9. The number of hydrogen-bond donors (Lipinski definition) is 1. The van der Waals surface area contributed by atoms with E-state index in [1.165, 1.54) is 11.8 Å². The fourth-order valence-electron chi connectivity index (χ4n) is 1.72. The van der Waals surface area contributed by atoms with E-state index in [9.17, 15) is 14.7 Å². The summed E-state index contributed by atoms with van der Waals surface area (Å²) in [6, 6.07) is 0. The van der Waals surface area contributed by atoms with Crippen molar-refractivity contribution in [3.63, 3.8) is 0 Å². The SMILES string of the molecule is CC(=O)OC[C@@H]1CN(C(=O)OC(C)(C)C)C[C@@H]1O. The number of ether oxygens (including phenoxy) is 2. The summed E-state index contributed by atoms with van der Waals surface area (Å²) in [6.07, 6.45) is -1.14. The molecule has 1 amide bonds. The zero-order valence-corrected chi connectivity index (χ0v) is 11.3. The van der Waals surface area contributed by atoms with Gasteiger partial charge in [0.2, 0.25) is 0 Å². The first-order valence-corrected chi connectivity index (χ1v) is 5.98. The Balaban J connectivity index is 2.47. The first kappa shape index (κ1) is 14.8. The van der Waals surface area contributed by atoms with Crippen LogP contribution in [0.3, 0.4) is 0 Å². The van der Waals surface area contributed by atoms with Gasteiger partial charge in [-0.2, -0.15) is 0 Å². The second kappa shape index (κ2) is 5.56. The fraction of sp³-hybridized carbons (Fsp3) is 0.833. The number of esters is 1. The first-order valence-electron chi connectivity index (χ1n) is 5.98. The molecule has 1 N–H and O–H groups in total. The molecule has 2 atom stereocenters. The lowest BCUT2D eigenvalue weighted by Crippen LogP contribution is -2.36. The lowest BCUT2D eigenvalue weighted by atomic mass is 10.1. The van der Waals surface area contributed by atoms with Crippen LogP contribution in [0.5, 0.6) is 0 Å². The molecule has 1 aliphatic heterocycles. The summed E-state index contributed by atoms with van der Waals surface area (Å²) in [6.45, 7) is 7.34. The van der Waals surface area contributed by atoms with Crippen LogP contribution in [0.15, 0.2) is 0 Å². The molecule has 1 saturated heterocycles. The number of carbonyl (C=O) groups is 2. The van der Waals surface area contributed by atoms with Crippen LogP contribution in [0.1, 0.15) is 27.7 Å². The summed E-state index contributed by atoms with van der Waals surface area (Å²) < 4.78 is 10.1. The third-order valence-corrected chi connectivity index (χ3v) is 2.56. The van der Waals surface area contributed by atoms with Gasteiger partial charge >= 0.3 is 12.1 Å². The minimum Gasteiger partial charge on any atom is -0.465 e. The smallest absolute Gasteiger partial charge is 0.410 e. The third kappa shape index (κ3) is 4.52. The fourth-order valence-corrected chi connectivity index (χ4v) is 1.72. The van der Waals surface area contributed by atoms with Crippen LogP contribution >= 0.6 is 0 Å². The number of hydrogen-bond acceptors (Lipinski definition) is 5. The predicted octanol–water partition coefficient (Wildman–Crippen LogP) is 0.777. The number of aliphatic hydroxyl groups is 1. The molecule has 0 bridgehead atoms. The number of aliphatic hydroxyl groups excluding tert-OH is 1. The monoisotopic (exact) mass is 259 g/mol. The topological polar surface area (TPSA) is 76.1 Å². The van der Waals surface area contributed by atoms with Crippen molar-refractivity contribution in [1.29, 1.82) is 0 Å². The molecule has 0 unspecified atom stereocenters. The van der Waals surface area contributed by atoms with Gasteiger partial charge in [0.05, 0.1) is 19.3 Å². The number of nitrogens with zero attached hydrogens (tertiary/aromatic N) is 1. The molecular weight excluding hydrogens is 238 g/mol. The average Bonchev–Trinajstić information content (AvgIpc) is 2.54. The number of carbonyl (C=O) groups excluding carboxylic acids is 2. The molecule has 1 aliphatic rings. The van der Waals surface area contributed by atoms with Crippen LogP contribution in [0.2, 0.25) is 0 Å². The molecule has 0 aromatic heterocycles. The zero-order valence-electron chi connectivity index (χ0n) is 11.3. The van der Waals surface area contributed by atoms with Crippen LogP contribution in [0.4, 0.5) is 4.79 Å². The molecule has 1 fully saturated rings. The van der Waals surface area contributed by atoms with Gasteiger partial charge in [0, 0.05) is 19.4 Å². The van der Waals surface area contributed by atoms with E-state index in [1.807, 2.05) is 0 Å². The summed E-state index contributed by atoms with van der Waals surface area (Å²) in [7, 11) is 0. The number of likely N-dealkylation sites (tertiary alicyclic amines) is 1. The average molecular weight is 259 g/mol. The summed E-state index contributed by atoms with van der Waals surface area (Å²) in [4.78, 5) is 23.9. The Hall–Kier alpha value is -1.30. The van der Waals surface area contributed by atoms with E-state index >= 15 is 0 Å². The number of rotatable bonds is 2. The van der Waals surface area contributed by atoms with Gasteiger partial charge in [0.25, 0.3) is 0 Å². The molecule has 1 heterocycles. The molecule has 6 nitrogen and oxygen atoms in total. The Morgan fingerprint density at radius 2 is 1.94 bits per heavy atom. The largest absolute Gasteiger partial charge is 0.465 e. The quantitative estimate of drug-likeness (QED) is 0.741. The van der Waals surface area contributed by atoms with Crippen molar-refractivity contribution in [2.24, 2.45) is 5.92 Å². The van der Waals surface area contributed by atoms with E-state index in [2.05, 4.69) is 0 Å². The predicted molar refractivity (Wildman–Crippen MR) is 63.9 cm³/mol. The van der Waals surface area contributed by atoms with E-state index in [0.29, 0.717) is 6.54 Å². The van der Waals surface area contributed by atoms with Crippen LogP contribution < -0.4 is 0 Å². The van der Waals surface area contributed by atoms with Crippen LogP contribution in [-0.4, -0.2) is 53.5 Å². The molecule has 0 aromatic carbocycles. The highest BCUT2D eigenvalue weighted by Gasteiger charge is 2.36. The van der Waals surface area contributed by atoms with Gasteiger partial charge in [-0.3, -0.25) is 4.79 Å². The Morgan fingerprint density at radius 3 is 2.44 bits per heavy atom. The Morgan fingerprint density at radius 1 is 1.33 bits per heavy atom. The molecule has 0 saturated carbocycles. The number of β-amino-alcohol motifs (C(OH)–C–C–N with tert-alkyl or cyclic N) is 1. The normalized spacial score (nSPS) is 23.9. The van der Waals surface area contributed by atoms with Crippen LogP contribution in [-0.2, 0) is 14.3 Å². The lowest BCUT2D eigenvalue weighted by Gasteiger charge is -2.24. The van der Waals surface area contributed by atoms with Gasteiger partial charge in [0.1, 0.15) is 5.60 Å². The third-order valence-electron chi connectivity index (χ3n) is 2.56. The van der Waals surface area contributed by atoms with Crippen LogP contribution in [0, 0.1) is 5.92 Å². The highest BCUT2D eigenvalue weighted by atomic mass is 16.6. The molecular formula is C12H21NO5. The molecule has 6 heteroatoms. The minimum atomic E-state index is -0.683. The van der Waals surface area contributed by atoms with Crippen molar-refractivity contribution in [2.45, 2.75) is 39.4 Å². The maximum atomic E-state index is 11.8. The molecule has 18 heavy (non-hydrogen) atoms. The summed E-state index contributed by atoms with van der Waals surface area (Å²) >= 11 is 0. The molecule has 0 radical (unpaired) electrons. The molecule has 0 aromatic rings. The van der Waals surface area contributed by atoms with Gasteiger partial charge in [-0.25, -0.2) is 4.79 Å². The Kier molecular flexibility index (Phi) is 4.56. The first-order chi connectivity index (χ1) is 8.19. The maximum Gasteiger partial charge on any atom is 0.410 e. The molecule has 0 spiro atoms. The second-order valence-electron chi connectivity index (χ2n) is 5.52. The molecule has 104 valence electrons. The van der Waals surface area contributed by atoms with Crippen molar-refractivity contribution >= 4 is 12.1 Å². The molecule has 0 aliphatic carbocycles. The maximum absolute atomic E-state index is 11.8. The summed E-state index contributed by atoms with van der Waals surface area (Å²) in [5.74, 6) is -0.640. The van der Waals surface area contributed by atoms with Gasteiger partial charge in [0.15, 0.2) is 0 Å². The van der Waals surface area contributed by atoms with E-state index in [-0.39, 0.29) is 19.1 Å². The highest BCUT2D eigenvalue weighted by molar-refractivity contribution is 5.68. The van der Waals surface area contributed by atoms with E-state index in [1.54, 1.807) is 20.8 Å². The van der Waals surface area contributed by atoms with Gasteiger partial charge in [-0.1, -0.05) is 0 Å². The van der Waals surface area contributed by atoms with Crippen molar-refractivity contribution in [3.8, 4) is 0 Å². The van der Waals surface area contributed by atoms with Gasteiger partial charge < -0.3 is 19.5 Å². The number of amides is 1. The Bertz CT molecular complexity index is 323. The van der Waals surface area contributed by atoms with Gasteiger partial charge in [-0.05, 0) is 20.8 Å². The Labute approximate surface area is 107 Å². The van der Waals surface area contributed by atoms with Crippen LogP contribution in [0.25, 0.3) is 0 Å². The highest BCUT2D eigenvalue weighted by Crippen LogP contribution is 2.20.